The van der Waals surface area contributed by atoms with Gasteiger partial charge in [0, 0.05) is 6.42 Å². The van der Waals surface area contributed by atoms with E-state index in [9.17, 15) is 4.79 Å². The third-order valence-electron chi connectivity index (χ3n) is 15.9. The minimum atomic E-state index is 0.0408. The molecular weight excluding hydrogens is 635 g/mol. The number of rotatable bonds is 33. The van der Waals surface area contributed by atoms with Crippen LogP contribution in [0.3, 0.4) is 0 Å². The summed E-state index contributed by atoms with van der Waals surface area (Å²) in [6.07, 6.45) is 41.8. The molecule has 12 unspecified atom stereocenters. The van der Waals surface area contributed by atoms with Crippen molar-refractivity contribution in [1.29, 1.82) is 0 Å². The fourth-order valence-electron chi connectivity index (χ4n) is 11.5. The maximum Gasteiger partial charge on any atom is 0.306 e. The standard InChI is InChI=1S/C49H87NO2/c1-5-36-26-40(36)30-44-34-46(44)32-42-28-38(42)20-15-11-7-9-13-17-22-48(52-49(51)24-19-25-50(3)4)23-18-14-10-8-12-16-21-39-29-43(39)33-47-35-45(47)31-41-27-37(41)6-2/h36-48H,5-35H2,1-4H3/t36?,37?,38?,39?,40?,41?,42?,43?,44?,45?,46-,47?,48?/m0/s1. The first-order chi connectivity index (χ1) is 25.4. The lowest BCUT2D eigenvalue weighted by atomic mass is 10.0. The summed E-state index contributed by atoms with van der Waals surface area (Å²) in [6, 6.07) is 0. The van der Waals surface area contributed by atoms with Crippen LogP contribution in [0.1, 0.15) is 206 Å². The molecule has 0 N–H and O–H groups in total. The normalized spacial score (nSPS) is 35.8. The SMILES string of the molecule is CCC1CC1CC1CC1CC1CC1CCCCCCCCC(CCCCCCCCC1CC1C[C@H]1CC1CC1CC1CC)OC(=O)CCCN(C)C. The molecule has 52 heavy (non-hydrogen) atoms. The highest BCUT2D eigenvalue weighted by atomic mass is 16.5. The predicted octanol–water partition coefficient (Wildman–Crippen LogP) is 13.7. The first kappa shape index (κ1) is 41.1. The van der Waals surface area contributed by atoms with Crippen LogP contribution in [0.25, 0.3) is 0 Å². The van der Waals surface area contributed by atoms with Crippen molar-refractivity contribution in [3.8, 4) is 0 Å². The molecule has 0 saturated heterocycles. The average Bonchev–Trinajstić information content (AvgIpc) is 3.89. The molecule has 6 aliphatic rings. The summed E-state index contributed by atoms with van der Waals surface area (Å²) in [5.41, 5.74) is 0. The number of esters is 1. The van der Waals surface area contributed by atoms with Crippen molar-refractivity contribution in [2.75, 3.05) is 20.6 Å². The molecule has 13 atom stereocenters. The fourth-order valence-corrected chi connectivity index (χ4v) is 11.5. The first-order valence-electron chi connectivity index (χ1n) is 24.2. The van der Waals surface area contributed by atoms with Crippen molar-refractivity contribution in [3.05, 3.63) is 0 Å². The van der Waals surface area contributed by atoms with Crippen LogP contribution in [-0.2, 0) is 9.53 Å². The van der Waals surface area contributed by atoms with Gasteiger partial charge in [0.25, 0.3) is 0 Å². The Morgan fingerprint density at radius 2 is 0.827 bits per heavy atom. The van der Waals surface area contributed by atoms with Gasteiger partial charge in [0.2, 0.25) is 0 Å². The van der Waals surface area contributed by atoms with E-state index >= 15 is 0 Å². The summed E-state index contributed by atoms with van der Waals surface area (Å²) >= 11 is 0. The summed E-state index contributed by atoms with van der Waals surface area (Å²) in [6.45, 7) is 5.74. The quantitative estimate of drug-likeness (QED) is 0.0499. The third kappa shape index (κ3) is 15.2. The van der Waals surface area contributed by atoms with Gasteiger partial charge in [-0.3, -0.25) is 4.79 Å². The molecule has 0 amide bonds. The maximum atomic E-state index is 12.7. The first-order valence-corrected chi connectivity index (χ1v) is 24.2. The summed E-state index contributed by atoms with van der Waals surface area (Å²) in [4.78, 5) is 14.8. The Bertz CT molecular complexity index is 959. The van der Waals surface area contributed by atoms with Crippen LogP contribution in [0.15, 0.2) is 0 Å². The fraction of sp³-hybridized carbons (Fsp3) is 0.980. The molecule has 3 heteroatoms. The zero-order chi connectivity index (χ0) is 36.3. The zero-order valence-electron chi connectivity index (χ0n) is 35.2. The number of unbranched alkanes of at least 4 members (excludes halogenated alkanes) is 10. The molecule has 0 heterocycles. The molecule has 300 valence electrons. The van der Waals surface area contributed by atoms with Crippen molar-refractivity contribution in [2.24, 2.45) is 71.0 Å². The highest BCUT2D eigenvalue weighted by Crippen LogP contribution is 2.59. The number of ether oxygens (including phenoxy) is 1. The average molecular weight is 722 g/mol. The van der Waals surface area contributed by atoms with E-state index in [1.54, 1.807) is 64.2 Å². The lowest BCUT2D eigenvalue weighted by Crippen LogP contribution is -2.20. The highest BCUT2D eigenvalue weighted by molar-refractivity contribution is 5.69. The van der Waals surface area contributed by atoms with Gasteiger partial charge in [-0.1, -0.05) is 104 Å². The van der Waals surface area contributed by atoms with Gasteiger partial charge < -0.3 is 9.64 Å². The minimum absolute atomic E-state index is 0.0408. The van der Waals surface area contributed by atoms with E-state index in [0.29, 0.717) is 6.42 Å². The summed E-state index contributed by atoms with van der Waals surface area (Å²) < 4.78 is 6.09. The topological polar surface area (TPSA) is 29.5 Å². The van der Waals surface area contributed by atoms with Crippen LogP contribution in [0.2, 0.25) is 0 Å². The highest BCUT2D eigenvalue weighted by Gasteiger charge is 2.49. The van der Waals surface area contributed by atoms with Crippen LogP contribution in [0.4, 0.5) is 0 Å². The molecule has 0 aromatic rings. The largest absolute Gasteiger partial charge is 0.462 e. The number of carbonyl (C=O) groups excluding carboxylic acids is 1. The van der Waals surface area contributed by atoms with Gasteiger partial charge in [0.1, 0.15) is 6.10 Å². The van der Waals surface area contributed by atoms with Crippen molar-refractivity contribution < 1.29 is 9.53 Å². The van der Waals surface area contributed by atoms with Gasteiger partial charge in [-0.25, -0.2) is 0 Å². The zero-order valence-corrected chi connectivity index (χ0v) is 35.2. The number of nitrogens with zero attached hydrogens (tertiary/aromatic N) is 1. The van der Waals surface area contributed by atoms with E-state index in [1.165, 1.54) is 103 Å². The Balaban J connectivity index is 0.729. The van der Waals surface area contributed by atoms with Crippen LogP contribution in [0.5, 0.6) is 0 Å². The molecule has 6 fully saturated rings. The molecule has 6 rings (SSSR count). The second kappa shape index (κ2) is 21.1. The molecule has 0 aliphatic heterocycles. The van der Waals surface area contributed by atoms with Gasteiger partial charge in [0.15, 0.2) is 0 Å². The van der Waals surface area contributed by atoms with Crippen molar-refractivity contribution in [3.63, 3.8) is 0 Å². The molecule has 0 spiro atoms. The van der Waals surface area contributed by atoms with Crippen LogP contribution in [0, 0.1) is 71.0 Å². The van der Waals surface area contributed by atoms with Gasteiger partial charge in [-0.15, -0.1) is 0 Å². The van der Waals surface area contributed by atoms with E-state index < -0.39 is 0 Å². The summed E-state index contributed by atoms with van der Waals surface area (Å²) in [7, 11) is 4.17. The molecule has 6 saturated carbocycles. The van der Waals surface area contributed by atoms with Crippen LogP contribution >= 0.6 is 0 Å². The van der Waals surface area contributed by atoms with E-state index in [1.807, 2.05) is 0 Å². The van der Waals surface area contributed by atoms with E-state index in [4.69, 9.17) is 4.74 Å². The van der Waals surface area contributed by atoms with Crippen LogP contribution < -0.4 is 0 Å². The third-order valence-corrected chi connectivity index (χ3v) is 15.9. The van der Waals surface area contributed by atoms with Gasteiger partial charge in [-0.05, 0) is 188 Å². The van der Waals surface area contributed by atoms with Crippen LogP contribution in [-0.4, -0.2) is 37.6 Å². The molecule has 0 aromatic heterocycles. The maximum absolute atomic E-state index is 12.7. The summed E-state index contributed by atoms with van der Waals surface area (Å²) in [5.74, 6) is 13.4. The second-order valence-corrected chi connectivity index (χ2v) is 20.7. The Morgan fingerprint density at radius 3 is 1.23 bits per heavy atom. The molecule has 6 aliphatic carbocycles. The Labute approximate surface area is 323 Å². The molecular formula is C49H87NO2. The Morgan fingerprint density at radius 1 is 0.481 bits per heavy atom. The molecule has 0 bridgehead atoms. The Kier molecular flexibility index (Phi) is 16.7. The second-order valence-electron chi connectivity index (χ2n) is 20.7. The van der Waals surface area contributed by atoms with E-state index in [2.05, 4.69) is 32.8 Å². The predicted molar refractivity (Wildman–Crippen MR) is 220 cm³/mol. The molecule has 0 aromatic carbocycles. The van der Waals surface area contributed by atoms with Crippen molar-refractivity contribution >= 4 is 5.97 Å². The molecule has 3 nitrogen and oxygen atoms in total. The smallest absolute Gasteiger partial charge is 0.306 e. The number of carbonyl (C=O) groups is 1. The van der Waals surface area contributed by atoms with Crippen molar-refractivity contribution in [2.45, 2.75) is 213 Å². The Hall–Kier alpha value is -0.570. The lowest BCUT2D eigenvalue weighted by molar-refractivity contribution is -0.150. The van der Waals surface area contributed by atoms with Gasteiger partial charge in [-0.2, -0.15) is 0 Å². The monoisotopic (exact) mass is 722 g/mol. The number of hydrogen-bond acceptors (Lipinski definition) is 3. The van der Waals surface area contributed by atoms with Gasteiger partial charge in [0.05, 0.1) is 0 Å². The van der Waals surface area contributed by atoms with Gasteiger partial charge >= 0.3 is 5.97 Å². The summed E-state index contributed by atoms with van der Waals surface area (Å²) in [5, 5.41) is 0. The van der Waals surface area contributed by atoms with E-state index in [0.717, 1.165) is 96.8 Å². The number of hydrogen-bond donors (Lipinski definition) is 0. The minimum Gasteiger partial charge on any atom is -0.462 e. The molecule has 0 radical (unpaired) electrons. The van der Waals surface area contributed by atoms with Crippen molar-refractivity contribution in [1.82, 2.24) is 4.90 Å². The van der Waals surface area contributed by atoms with E-state index in [-0.39, 0.29) is 12.1 Å². The lowest BCUT2D eigenvalue weighted by Gasteiger charge is -2.18.